The molecule has 1 atom stereocenters. The Kier molecular flexibility index (Phi) is 4.37. The number of benzene rings is 2. The Balaban J connectivity index is 2.00. The standard InChI is InChI=1S/C18H17BrClF/c19-12-18(11-13-7-8-16(20)17(21)10-13)9-3-5-14-4-1-2-6-15(14)18/h1-2,4,6-8,10H,3,5,9,11-12H2. The Morgan fingerprint density at radius 2 is 2.00 bits per heavy atom. The maximum atomic E-state index is 13.7. The van der Waals surface area contributed by atoms with Crippen LogP contribution in [0.2, 0.25) is 5.02 Å². The summed E-state index contributed by atoms with van der Waals surface area (Å²) in [5.74, 6) is -0.331. The van der Waals surface area contributed by atoms with Crippen molar-refractivity contribution in [3.63, 3.8) is 0 Å². The number of hydrogen-bond donors (Lipinski definition) is 0. The highest BCUT2D eigenvalue weighted by Crippen LogP contribution is 2.41. The summed E-state index contributed by atoms with van der Waals surface area (Å²) in [6, 6.07) is 13.8. The van der Waals surface area contributed by atoms with E-state index in [4.69, 9.17) is 11.6 Å². The molecule has 3 rings (SSSR count). The Hall–Kier alpha value is -0.860. The molecule has 21 heavy (non-hydrogen) atoms. The van der Waals surface area contributed by atoms with Gasteiger partial charge in [0.2, 0.25) is 0 Å². The average Bonchev–Trinajstić information content (AvgIpc) is 2.51. The van der Waals surface area contributed by atoms with Crippen LogP contribution in [0.1, 0.15) is 29.5 Å². The molecule has 0 saturated heterocycles. The van der Waals surface area contributed by atoms with Gasteiger partial charge in [0.1, 0.15) is 5.82 Å². The molecule has 2 aromatic carbocycles. The second-order valence-corrected chi connectivity index (χ2v) is 6.82. The number of fused-ring (bicyclic) bond motifs is 1. The Morgan fingerprint density at radius 3 is 2.76 bits per heavy atom. The number of halogens is 3. The summed E-state index contributed by atoms with van der Waals surface area (Å²) < 4.78 is 13.7. The lowest BCUT2D eigenvalue weighted by molar-refractivity contribution is 0.401. The van der Waals surface area contributed by atoms with Crippen LogP contribution >= 0.6 is 27.5 Å². The lowest BCUT2D eigenvalue weighted by Crippen LogP contribution is -2.35. The molecule has 0 aliphatic heterocycles. The van der Waals surface area contributed by atoms with E-state index in [9.17, 15) is 4.39 Å². The summed E-state index contributed by atoms with van der Waals surface area (Å²) in [6.07, 6.45) is 4.28. The van der Waals surface area contributed by atoms with Crippen molar-refractivity contribution < 1.29 is 4.39 Å². The minimum atomic E-state index is -0.331. The molecule has 110 valence electrons. The third-order valence-corrected chi connectivity index (χ3v) is 5.85. The Morgan fingerprint density at radius 1 is 1.19 bits per heavy atom. The maximum absolute atomic E-state index is 13.7. The van der Waals surface area contributed by atoms with E-state index in [-0.39, 0.29) is 16.3 Å². The van der Waals surface area contributed by atoms with E-state index < -0.39 is 0 Å². The summed E-state index contributed by atoms with van der Waals surface area (Å²) >= 11 is 9.50. The first-order valence-corrected chi connectivity index (χ1v) is 8.73. The van der Waals surface area contributed by atoms with Crippen LogP contribution in [0, 0.1) is 5.82 Å². The van der Waals surface area contributed by atoms with Crippen LogP contribution in [0.5, 0.6) is 0 Å². The van der Waals surface area contributed by atoms with Gasteiger partial charge in [0.15, 0.2) is 0 Å². The van der Waals surface area contributed by atoms with E-state index in [2.05, 4.69) is 40.2 Å². The fraction of sp³-hybridized carbons (Fsp3) is 0.333. The van der Waals surface area contributed by atoms with Crippen LogP contribution in [0.25, 0.3) is 0 Å². The van der Waals surface area contributed by atoms with Gasteiger partial charge in [-0.3, -0.25) is 0 Å². The van der Waals surface area contributed by atoms with Gasteiger partial charge in [-0.25, -0.2) is 4.39 Å². The molecule has 1 aliphatic rings. The van der Waals surface area contributed by atoms with Crippen LogP contribution in [-0.2, 0) is 18.3 Å². The van der Waals surface area contributed by atoms with E-state index in [0.717, 1.165) is 30.2 Å². The molecule has 3 heteroatoms. The smallest absolute Gasteiger partial charge is 0.142 e. The largest absolute Gasteiger partial charge is 0.205 e. The van der Waals surface area contributed by atoms with Crippen LogP contribution in [0.3, 0.4) is 0 Å². The molecule has 0 N–H and O–H groups in total. The molecule has 1 aliphatic carbocycles. The fourth-order valence-electron chi connectivity index (χ4n) is 3.42. The minimum Gasteiger partial charge on any atom is -0.205 e. The number of aryl methyl sites for hydroxylation is 1. The molecule has 0 fully saturated rings. The summed E-state index contributed by atoms with van der Waals surface area (Å²) in [7, 11) is 0. The van der Waals surface area contributed by atoms with Crippen LogP contribution in [0.4, 0.5) is 4.39 Å². The first-order chi connectivity index (χ1) is 10.1. The zero-order valence-corrected chi connectivity index (χ0v) is 14.1. The predicted octanol–water partition coefficient (Wildman–Crippen LogP) is 5.69. The maximum Gasteiger partial charge on any atom is 0.142 e. The minimum absolute atomic E-state index is 0.0507. The first kappa shape index (κ1) is 15.1. The molecule has 0 amide bonds. The highest BCUT2D eigenvalue weighted by molar-refractivity contribution is 9.09. The summed E-state index contributed by atoms with van der Waals surface area (Å²) in [5, 5.41) is 1.08. The van der Waals surface area contributed by atoms with E-state index in [1.165, 1.54) is 17.5 Å². The molecule has 0 aromatic heterocycles. The third-order valence-electron chi connectivity index (χ3n) is 4.47. The second kappa shape index (κ2) is 6.10. The van der Waals surface area contributed by atoms with Crippen molar-refractivity contribution in [3.05, 3.63) is 70.0 Å². The number of rotatable bonds is 3. The Labute approximate surface area is 138 Å². The fourth-order valence-corrected chi connectivity index (χ4v) is 4.32. The van der Waals surface area contributed by atoms with E-state index >= 15 is 0 Å². The van der Waals surface area contributed by atoms with Gasteiger partial charge in [0, 0.05) is 10.7 Å². The van der Waals surface area contributed by atoms with Crippen LogP contribution in [-0.4, -0.2) is 5.33 Å². The van der Waals surface area contributed by atoms with Gasteiger partial charge in [0.05, 0.1) is 5.02 Å². The van der Waals surface area contributed by atoms with Crippen LogP contribution < -0.4 is 0 Å². The van der Waals surface area contributed by atoms with Gasteiger partial charge < -0.3 is 0 Å². The van der Waals surface area contributed by atoms with Crippen molar-refractivity contribution in [1.29, 1.82) is 0 Å². The molecule has 0 spiro atoms. The van der Waals surface area contributed by atoms with Crippen molar-refractivity contribution in [2.24, 2.45) is 0 Å². The van der Waals surface area contributed by atoms with Crippen molar-refractivity contribution in [3.8, 4) is 0 Å². The van der Waals surface area contributed by atoms with Gasteiger partial charge in [-0.1, -0.05) is 57.9 Å². The molecule has 0 radical (unpaired) electrons. The van der Waals surface area contributed by atoms with Gasteiger partial charge in [-0.2, -0.15) is 0 Å². The average molecular weight is 368 g/mol. The molecule has 1 unspecified atom stereocenters. The monoisotopic (exact) mass is 366 g/mol. The van der Waals surface area contributed by atoms with E-state index in [1.54, 1.807) is 12.1 Å². The second-order valence-electron chi connectivity index (χ2n) is 5.85. The SMILES string of the molecule is Fc1cc(CC2(CBr)CCCc3ccccc32)ccc1Cl. The predicted molar refractivity (Wildman–Crippen MR) is 90.0 cm³/mol. The summed E-state index contributed by atoms with van der Waals surface area (Å²) in [5.41, 5.74) is 3.89. The first-order valence-electron chi connectivity index (χ1n) is 7.23. The zero-order valence-electron chi connectivity index (χ0n) is 11.7. The van der Waals surface area contributed by atoms with Gasteiger partial charge in [0.25, 0.3) is 0 Å². The van der Waals surface area contributed by atoms with Crippen LogP contribution in [0.15, 0.2) is 42.5 Å². The quantitative estimate of drug-likeness (QED) is 0.611. The lowest BCUT2D eigenvalue weighted by atomic mass is 9.68. The number of hydrogen-bond acceptors (Lipinski definition) is 0. The third kappa shape index (κ3) is 2.89. The molecule has 0 saturated carbocycles. The van der Waals surface area contributed by atoms with Crippen molar-refractivity contribution in [1.82, 2.24) is 0 Å². The topological polar surface area (TPSA) is 0 Å². The molecule has 0 heterocycles. The van der Waals surface area contributed by atoms with Gasteiger partial charge in [-0.05, 0) is 54.5 Å². The molecule has 2 aromatic rings. The van der Waals surface area contributed by atoms with Crippen molar-refractivity contribution in [2.75, 3.05) is 5.33 Å². The molecular weight excluding hydrogens is 351 g/mol. The normalized spacial score (nSPS) is 21.1. The molecule has 0 nitrogen and oxygen atoms in total. The van der Waals surface area contributed by atoms with E-state index in [1.807, 2.05) is 6.07 Å². The summed E-state index contributed by atoms with van der Waals surface area (Å²) in [6.45, 7) is 0. The van der Waals surface area contributed by atoms with Crippen molar-refractivity contribution >= 4 is 27.5 Å². The van der Waals surface area contributed by atoms with Gasteiger partial charge in [-0.15, -0.1) is 0 Å². The lowest BCUT2D eigenvalue weighted by Gasteiger charge is -2.38. The van der Waals surface area contributed by atoms with Gasteiger partial charge >= 0.3 is 0 Å². The highest BCUT2D eigenvalue weighted by Gasteiger charge is 2.35. The highest BCUT2D eigenvalue weighted by atomic mass is 79.9. The van der Waals surface area contributed by atoms with E-state index in [0.29, 0.717) is 0 Å². The zero-order chi connectivity index (χ0) is 14.9. The molecule has 0 bridgehead atoms. The number of alkyl halides is 1. The molecular formula is C18H17BrClF. The summed E-state index contributed by atoms with van der Waals surface area (Å²) in [4.78, 5) is 0. The van der Waals surface area contributed by atoms with Crippen molar-refractivity contribution in [2.45, 2.75) is 31.1 Å². The Bertz CT molecular complexity index is 655.